The molecule has 0 bridgehead atoms. The fourth-order valence-corrected chi connectivity index (χ4v) is 2.90. The summed E-state index contributed by atoms with van der Waals surface area (Å²) < 4.78 is 41.2. The van der Waals surface area contributed by atoms with E-state index in [1.54, 1.807) is 6.92 Å². The van der Waals surface area contributed by atoms with E-state index in [1.807, 2.05) is 0 Å². The van der Waals surface area contributed by atoms with Crippen molar-refractivity contribution >= 4 is 15.8 Å². The third-order valence-corrected chi connectivity index (χ3v) is 3.83. The molecule has 0 radical (unpaired) electrons. The summed E-state index contributed by atoms with van der Waals surface area (Å²) in [5, 5.41) is 0. The Bertz CT molecular complexity index is 557. The first-order chi connectivity index (χ1) is 8.88. The molecule has 0 heterocycles. The van der Waals surface area contributed by atoms with Crippen LogP contribution in [0, 0.1) is 5.82 Å². The third-order valence-electron chi connectivity index (χ3n) is 2.41. The Kier molecular flexibility index (Phi) is 5.44. The van der Waals surface area contributed by atoms with Gasteiger partial charge in [0.15, 0.2) is 9.84 Å². The summed E-state index contributed by atoms with van der Waals surface area (Å²) in [5.74, 6) is -2.33. The number of rotatable bonds is 6. The van der Waals surface area contributed by atoms with Crippen LogP contribution in [0.3, 0.4) is 0 Å². The van der Waals surface area contributed by atoms with Gasteiger partial charge in [-0.05, 0) is 30.2 Å². The molecule has 1 aromatic carbocycles. The van der Waals surface area contributed by atoms with Crippen molar-refractivity contribution in [2.45, 2.75) is 19.2 Å². The lowest BCUT2D eigenvalue weighted by Gasteiger charge is -2.08. The lowest BCUT2D eigenvalue weighted by Crippen LogP contribution is -2.20. The van der Waals surface area contributed by atoms with E-state index >= 15 is 0 Å². The number of sulfone groups is 1. The Morgan fingerprint density at radius 3 is 2.63 bits per heavy atom. The van der Waals surface area contributed by atoms with Crippen molar-refractivity contribution in [2.24, 2.45) is 5.73 Å². The summed E-state index contributed by atoms with van der Waals surface area (Å²) >= 11 is 0. The molecular formula is C12H16FNO4S. The second-order valence-electron chi connectivity index (χ2n) is 3.95. The largest absolute Gasteiger partial charge is 0.465 e. The molecule has 106 valence electrons. The van der Waals surface area contributed by atoms with Crippen LogP contribution in [0.2, 0.25) is 0 Å². The van der Waals surface area contributed by atoms with Crippen LogP contribution in [-0.2, 0) is 31.7 Å². The van der Waals surface area contributed by atoms with Gasteiger partial charge in [-0.3, -0.25) is 4.79 Å². The average Bonchev–Trinajstić information content (AvgIpc) is 2.30. The van der Waals surface area contributed by atoms with Crippen LogP contribution in [0.5, 0.6) is 0 Å². The molecule has 2 N–H and O–H groups in total. The van der Waals surface area contributed by atoms with Gasteiger partial charge in [-0.2, -0.15) is 0 Å². The van der Waals surface area contributed by atoms with Crippen LogP contribution < -0.4 is 5.73 Å². The fourth-order valence-electron chi connectivity index (χ4n) is 1.60. The third kappa shape index (κ3) is 4.96. The normalized spacial score (nSPS) is 11.3. The molecule has 5 nitrogen and oxygen atoms in total. The lowest BCUT2D eigenvalue weighted by atomic mass is 10.1. The second kappa shape index (κ2) is 6.63. The highest BCUT2D eigenvalue weighted by Crippen LogP contribution is 2.14. The van der Waals surface area contributed by atoms with E-state index in [-0.39, 0.29) is 18.9 Å². The summed E-state index contributed by atoms with van der Waals surface area (Å²) in [7, 11) is -3.65. The SMILES string of the molecule is CCOC(=O)CS(=O)(=O)Cc1ccc(F)cc1CN. The van der Waals surface area contributed by atoms with E-state index in [0.29, 0.717) is 11.1 Å². The van der Waals surface area contributed by atoms with Gasteiger partial charge in [0.1, 0.15) is 11.6 Å². The second-order valence-corrected chi connectivity index (χ2v) is 6.02. The lowest BCUT2D eigenvalue weighted by molar-refractivity contribution is -0.139. The number of ether oxygens (including phenoxy) is 1. The Morgan fingerprint density at radius 1 is 1.37 bits per heavy atom. The topological polar surface area (TPSA) is 86.5 Å². The summed E-state index contributed by atoms with van der Waals surface area (Å²) in [6, 6.07) is 3.71. The highest BCUT2D eigenvalue weighted by Gasteiger charge is 2.19. The zero-order valence-corrected chi connectivity index (χ0v) is 11.4. The van der Waals surface area contributed by atoms with Crippen molar-refractivity contribution in [3.05, 3.63) is 35.1 Å². The standard InChI is InChI=1S/C12H16FNO4S/c1-2-18-12(15)8-19(16,17)7-9-3-4-11(13)5-10(9)6-14/h3-5H,2,6-8,14H2,1H3. The minimum Gasteiger partial charge on any atom is -0.465 e. The molecule has 19 heavy (non-hydrogen) atoms. The molecule has 0 aliphatic carbocycles. The zero-order chi connectivity index (χ0) is 14.5. The molecule has 7 heteroatoms. The Hall–Kier alpha value is -1.47. The Labute approximate surface area is 111 Å². The van der Waals surface area contributed by atoms with Crippen molar-refractivity contribution in [2.75, 3.05) is 12.4 Å². The predicted octanol–water partition coefficient (Wildman–Crippen LogP) is 0.762. The van der Waals surface area contributed by atoms with E-state index in [4.69, 9.17) is 5.73 Å². The van der Waals surface area contributed by atoms with Crippen LogP contribution in [0.1, 0.15) is 18.1 Å². The van der Waals surface area contributed by atoms with E-state index in [9.17, 15) is 17.6 Å². The summed E-state index contributed by atoms with van der Waals surface area (Å²) in [6.07, 6.45) is 0. The van der Waals surface area contributed by atoms with E-state index < -0.39 is 27.4 Å². The summed E-state index contributed by atoms with van der Waals surface area (Å²) in [5.41, 5.74) is 6.24. The van der Waals surface area contributed by atoms with Crippen molar-refractivity contribution < 1.29 is 22.3 Å². The van der Waals surface area contributed by atoms with Gasteiger partial charge in [-0.25, -0.2) is 12.8 Å². The summed E-state index contributed by atoms with van der Waals surface area (Å²) in [4.78, 5) is 11.2. The maximum Gasteiger partial charge on any atom is 0.321 e. The number of hydrogen-bond donors (Lipinski definition) is 1. The van der Waals surface area contributed by atoms with Gasteiger partial charge in [-0.1, -0.05) is 6.07 Å². The molecule has 0 spiro atoms. The first-order valence-electron chi connectivity index (χ1n) is 5.71. The van der Waals surface area contributed by atoms with Crippen molar-refractivity contribution in [3.63, 3.8) is 0 Å². The quantitative estimate of drug-likeness (QED) is 0.781. The highest BCUT2D eigenvalue weighted by molar-refractivity contribution is 7.91. The van der Waals surface area contributed by atoms with Crippen LogP contribution in [0.25, 0.3) is 0 Å². The number of carbonyl (C=O) groups excluding carboxylic acids is 1. The molecular weight excluding hydrogens is 273 g/mol. The molecule has 0 unspecified atom stereocenters. The molecule has 0 amide bonds. The van der Waals surface area contributed by atoms with Crippen LogP contribution in [0.15, 0.2) is 18.2 Å². The van der Waals surface area contributed by atoms with Gasteiger partial charge in [0.05, 0.1) is 12.4 Å². The van der Waals surface area contributed by atoms with Crippen molar-refractivity contribution in [1.82, 2.24) is 0 Å². The number of carbonyl (C=O) groups is 1. The van der Waals surface area contributed by atoms with Gasteiger partial charge < -0.3 is 10.5 Å². The smallest absolute Gasteiger partial charge is 0.321 e. The van der Waals surface area contributed by atoms with Crippen LogP contribution in [-0.4, -0.2) is 26.7 Å². The molecule has 0 saturated carbocycles. The van der Waals surface area contributed by atoms with E-state index in [0.717, 1.165) is 6.07 Å². The minimum atomic E-state index is -3.65. The monoisotopic (exact) mass is 289 g/mol. The molecule has 1 aromatic rings. The van der Waals surface area contributed by atoms with E-state index in [1.165, 1.54) is 12.1 Å². The average molecular weight is 289 g/mol. The first kappa shape index (κ1) is 15.6. The molecule has 0 aromatic heterocycles. The van der Waals surface area contributed by atoms with Crippen LogP contribution >= 0.6 is 0 Å². The number of nitrogens with two attached hydrogens (primary N) is 1. The maximum atomic E-state index is 13.0. The molecule has 0 aliphatic heterocycles. The summed E-state index contributed by atoms with van der Waals surface area (Å²) in [6.45, 7) is 1.75. The number of hydrogen-bond acceptors (Lipinski definition) is 5. The maximum absolute atomic E-state index is 13.0. The van der Waals surface area contributed by atoms with Crippen LogP contribution in [0.4, 0.5) is 4.39 Å². The minimum absolute atomic E-state index is 0.0298. The first-order valence-corrected chi connectivity index (χ1v) is 7.53. The molecule has 0 aliphatic rings. The number of halogens is 1. The molecule has 0 fully saturated rings. The highest BCUT2D eigenvalue weighted by atomic mass is 32.2. The Morgan fingerprint density at radius 2 is 2.05 bits per heavy atom. The Balaban J connectivity index is 2.86. The number of benzene rings is 1. The molecule has 0 atom stereocenters. The van der Waals surface area contributed by atoms with Gasteiger partial charge in [0.2, 0.25) is 0 Å². The van der Waals surface area contributed by atoms with Gasteiger partial charge in [-0.15, -0.1) is 0 Å². The van der Waals surface area contributed by atoms with Crippen molar-refractivity contribution in [1.29, 1.82) is 0 Å². The number of esters is 1. The zero-order valence-electron chi connectivity index (χ0n) is 10.6. The molecule has 0 saturated heterocycles. The van der Waals surface area contributed by atoms with Gasteiger partial charge >= 0.3 is 5.97 Å². The predicted molar refractivity (Wildman–Crippen MR) is 68.4 cm³/mol. The van der Waals surface area contributed by atoms with Crippen molar-refractivity contribution in [3.8, 4) is 0 Å². The van der Waals surface area contributed by atoms with Gasteiger partial charge in [0, 0.05) is 6.54 Å². The molecule has 1 rings (SSSR count). The van der Waals surface area contributed by atoms with Gasteiger partial charge in [0.25, 0.3) is 0 Å². The van der Waals surface area contributed by atoms with E-state index in [2.05, 4.69) is 4.74 Å². The fraction of sp³-hybridized carbons (Fsp3) is 0.417.